The van der Waals surface area contributed by atoms with E-state index in [1.807, 2.05) is 44.2 Å². The van der Waals surface area contributed by atoms with Gasteiger partial charge in [0.1, 0.15) is 0 Å². The van der Waals surface area contributed by atoms with Crippen molar-refractivity contribution < 1.29 is 8.42 Å². The number of para-hydroxylation sites is 1. The van der Waals surface area contributed by atoms with E-state index in [1.54, 1.807) is 16.7 Å². The van der Waals surface area contributed by atoms with Crippen molar-refractivity contribution in [3.8, 4) is 5.69 Å². The molecule has 0 atom stereocenters. The van der Waals surface area contributed by atoms with Gasteiger partial charge in [-0.3, -0.25) is 9.36 Å². The summed E-state index contributed by atoms with van der Waals surface area (Å²) in [6, 6.07) is 13.0. The van der Waals surface area contributed by atoms with Gasteiger partial charge in [0.05, 0.1) is 22.3 Å². The summed E-state index contributed by atoms with van der Waals surface area (Å²) in [4.78, 5) is 17.8. The molecule has 3 rings (SSSR count). The lowest BCUT2D eigenvalue weighted by molar-refractivity contribution is 0.596. The highest BCUT2D eigenvalue weighted by atomic mass is 32.2. The number of rotatable bonds is 6. The zero-order valence-corrected chi connectivity index (χ0v) is 16.8. The van der Waals surface area contributed by atoms with E-state index in [2.05, 4.69) is 4.98 Å². The number of primary sulfonamides is 1. The zero-order chi connectivity index (χ0) is 19.6. The fourth-order valence-electron chi connectivity index (χ4n) is 2.73. The highest BCUT2D eigenvalue weighted by molar-refractivity contribution is 7.99. The number of aryl methyl sites for hydroxylation is 2. The van der Waals surface area contributed by atoms with Crippen molar-refractivity contribution in [3.63, 3.8) is 0 Å². The summed E-state index contributed by atoms with van der Waals surface area (Å²) in [6.07, 6.45) is 0.388. The summed E-state index contributed by atoms with van der Waals surface area (Å²) in [6.45, 7) is 4.01. The molecule has 0 aliphatic rings. The molecular formula is C19H21N3O3S2. The molecule has 0 radical (unpaired) electrons. The second kappa shape index (κ2) is 7.84. The average molecular weight is 404 g/mol. The van der Waals surface area contributed by atoms with E-state index < -0.39 is 10.0 Å². The second-order valence-corrected chi connectivity index (χ2v) is 9.19. The van der Waals surface area contributed by atoms with Gasteiger partial charge in [0.2, 0.25) is 10.0 Å². The van der Waals surface area contributed by atoms with E-state index in [9.17, 15) is 13.2 Å². The van der Waals surface area contributed by atoms with Crippen LogP contribution in [-0.4, -0.2) is 29.5 Å². The fraction of sp³-hybridized carbons (Fsp3) is 0.263. The largest absolute Gasteiger partial charge is 0.268 e. The first kappa shape index (κ1) is 19.6. The molecule has 8 heteroatoms. The molecule has 2 aromatic carbocycles. The lowest BCUT2D eigenvalue weighted by Gasteiger charge is -2.14. The minimum atomic E-state index is -3.50. The summed E-state index contributed by atoms with van der Waals surface area (Å²) in [5.74, 6) is 0.396. The van der Waals surface area contributed by atoms with Crippen LogP contribution in [0.4, 0.5) is 0 Å². The Bertz CT molecular complexity index is 1150. The molecule has 0 aliphatic carbocycles. The molecule has 6 nitrogen and oxygen atoms in total. The molecule has 27 heavy (non-hydrogen) atoms. The maximum Gasteiger partial charge on any atom is 0.266 e. The number of fused-ring (bicyclic) bond motifs is 1. The predicted octanol–water partition coefficient (Wildman–Crippen LogP) is 2.77. The van der Waals surface area contributed by atoms with Crippen LogP contribution >= 0.6 is 11.8 Å². The first-order valence-electron chi connectivity index (χ1n) is 8.49. The van der Waals surface area contributed by atoms with Crippen molar-refractivity contribution in [3.05, 3.63) is 63.9 Å². The first-order valence-corrected chi connectivity index (χ1v) is 11.2. The third kappa shape index (κ3) is 4.58. The van der Waals surface area contributed by atoms with Gasteiger partial charge in [0.15, 0.2) is 5.16 Å². The Labute approximate surface area is 162 Å². The van der Waals surface area contributed by atoms with Crippen molar-refractivity contribution in [2.24, 2.45) is 5.14 Å². The van der Waals surface area contributed by atoms with E-state index in [0.717, 1.165) is 16.8 Å². The minimum Gasteiger partial charge on any atom is -0.268 e. The van der Waals surface area contributed by atoms with Crippen molar-refractivity contribution in [2.75, 3.05) is 11.5 Å². The Kier molecular flexibility index (Phi) is 5.69. The van der Waals surface area contributed by atoms with Crippen LogP contribution in [0.2, 0.25) is 0 Å². The summed E-state index contributed by atoms with van der Waals surface area (Å²) in [5.41, 5.74) is 3.45. The molecular weight excluding hydrogens is 382 g/mol. The molecule has 3 aromatic rings. The van der Waals surface area contributed by atoms with E-state index >= 15 is 0 Å². The molecule has 0 amide bonds. The van der Waals surface area contributed by atoms with E-state index in [4.69, 9.17) is 5.14 Å². The number of thioether (sulfide) groups is 1. The molecule has 0 aliphatic heterocycles. The first-order chi connectivity index (χ1) is 12.8. The molecule has 0 unspecified atom stereocenters. The fourth-order valence-corrected chi connectivity index (χ4v) is 4.41. The van der Waals surface area contributed by atoms with Crippen LogP contribution in [0.25, 0.3) is 16.6 Å². The second-order valence-electron chi connectivity index (χ2n) is 6.39. The van der Waals surface area contributed by atoms with Crippen LogP contribution in [0.5, 0.6) is 0 Å². The lowest BCUT2D eigenvalue weighted by atomic mass is 10.1. The molecule has 0 bridgehead atoms. The van der Waals surface area contributed by atoms with Crippen LogP contribution in [0.3, 0.4) is 0 Å². The summed E-state index contributed by atoms with van der Waals surface area (Å²) in [5, 5.41) is 6.14. The van der Waals surface area contributed by atoms with E-state index in [0.29, 0.717) is 28.2 Å². The Morgan fingerprint density at radius 2 is 1.85 bits per heavy atom. The third-order valence-electron chi connectivity index (χ3n) is 4.30. The maximum atomic E-state index is 13.1. The molecule has 0 saturated heterocycles. The van der Waals surface area contributed by atoms with Crippen LogP contribution in [0, 0.1) is 13.8 Å². The van der Waals surface area contributed by atoms with Crippen molar-refractivity contribution in [1.82, 2.24) is 9.55 Å². The van der Waals surface area contributed by atoms with Gasteiger partial charge in [-0.15, -0.1) is 0 Å². The smallest absolute Gasteiger partial charge is 0.266 e. The number of nitrogens with zero attached hydrogens (tertiary/aromatic N) is 2. The van der Waals surface area contributed by atoms with Gasteiger partial charge in [-0.25, -0.2) is 18.5 Å². The van der Waals surface area contributed by atoms with Gasteiger partial charge in [-0.1, -0.05) is 30.0 Å². The molecule has 0 spiro atoms. The summed E-state index contributed by atoms with van der Waals surface area (Å²) < 4.78 is 23.8. The highest BCUT2D eigenvalue weighted by Crippen LogP contribution is 2.23. The van der Waals surface area contributed by atoms with E-state index in [1.165, 1.54) is 11.8 Å². The number of aromatic nitrogens is 2. The third-order valence-corrected chi connectivity index (χ3v) is 6.18. The van der Waals surface area contributed by atoms with Crippen molar-refractivity contribution in [2.45, 2.75) is 25.4 Å². The average Bonchev–Trinajstić information content (AvgIpc) is 2.61. The SMILES string of the molecule is Cc1ccc(-n2c(SCCCS(N)(=O)=O)nc3ccccc3c2=O)cc1C. The number of hydrogen-bond donors (Lipinski definition) is 1. The van der Waals surface area contributed by atoms with Gasteiger partial charge in [-0.2, -0.15) is 0 Å². The molecule has 0 saturated carbocycles. The molecule has 0 fully saturated rings. The minimum absolute atomic E-state index is 0.0958. The predicted molar refractivity (Wildman–Crippen MR) is 110 cm³/mol. The van der Waals surface area contributed by atoms with Crippen LogP contribution < -0.4 is 10.7 Å². The zero-order valence-electron chi connectivity index (χ0n) is 15.2. The normalized spacial score (nSPS) is 11.8. The summed E-state index contributed by atoms with van der Waals surface area (Å²) in [7, 11) is -3.50. The van der Waals surface area contributed by atoms with Gasteiger partial charge < -0.3 is 0 Å². The Hall–Kier alpha value is -2.16. The van der Waals surface area contributed by atoms with Crippen LogP contribution in [0.1, 0.15) is 17.5 Å². The lowest BCUT2D eigenvalue weighted by Crippen LogP contribution is -2.22. The number of sulfonamides is 1. The quantitative estimate of drug-likeness (QED) is 0.388. The standard InChI is InChI=1S/C19H21N3O3S2/c1-13-8-9-15(12-14(13)2)22-18(23)16-6-3-4-7-17(16)21-19(22)26-10-5-11-27(20,24)25/h3-4,6-9,12H,5,10-11H2,1-2H3,(H2,20,24,25). The van der Waals surface area contributed by atoms with Crippen LogP contribution in [-0.2, 0) is 10.0 Å². The Morgan fingerprint density at radius 3 is 2.56 bits per heavy atom. The van der Waals surface area contributed by atoms with Crippen molar-refractivity contribution in [1.29, 1.82) is 0 Å². The highest BCUT2D eigenvalue weighted by Gasteiger charge is 2.14. The van der Waals surface area contributed by atoms with Gasteiger partial charge in [0, 0.05) is 5.75 Å². The molecule has 1 aromatic heterocycles. The van der Waals surface area contributed by atoms with Gasteiger partial charge in [-0.05, 0) is 55.7 Å². The number of nitrogens with two attached hydrogens (primary N) is 1. The Morgan fingerprint density at radius 1 is 1.11 bits per heavy atom. The van der Waals surface area contributed by atoms with E-state index in [-0.39, 0.29) is 11.3 Å². The number of benzene rings is 2. The van der Waals surface area contributed by atoms with Gasteiger partial charge in [0.25, 0.3) is 5.56 Å². The maximum absolute atomic E-state index is 13.1. The van der Waals surface area contributed by atoms with Crippen molar-refractivity contribution >= 4 is 32.7 Å². The molecule has 142 valence electrons. The topological polar surface area (TPSA) is 95.1 Å². The molecule has 2 N–H and O–H groups in total. The van der Waals surface area contributed by atoms with Crippen LogP contribution in [0.15, 0.2) is 52.4 Å². The monoisotopic (exact) mass is 403 g/mol. The summed E-state index contributed by atoms with van der Waals surface area (Å²) >= 11 is 1.35. The van der Waals surface area contributed by atoms with Gasteiger partial charge >= 0.3 is 0 Å². The molecule has 1 heterocycles. The Balaban J connectivity index is 2.07. The number of hydrogen-bond acceptors (Lipinski definition) is 5.